The van der Waals surface area contributed by atoms with Gasteiger partial charge < -0.3 is 10.6 Å². The molecule has 0 bridgehead atoms. The third-order valence-corrected chi connectivity index (χ3v) is 4.92. The molecule has 6 heteroatoms. The number of hydrogen-bond acceptors (Lipinski definition) is 3. The van der Waals surface area contributed by atoms with Crippen molar-refractivity contribution >= 4 is 17.8 Å². The van der Waals surface area contributed by atoms with E-state index in [1.807, 2.05) is 0 Å². The third-order valence-electron chi connectivity index (χ3n) is 4.92. The van der Waals surface area contributed by atoms with E-state index < -0.39 is 0 Å². The van der Waals surface area contributed by atoms with Gasteiger partial charge in [-0.1, -0.05) is 19.1 Å². The predicted octanol–water partition coefficient (Wildman–Crippen LogP) is 2.11. The van der Waals surface area contributed by atoms with Gasteiger partial charge in [0, 0.05) is 26.2 Å². The molecule has 0 aliphatic carbocycles. The summed E-state index contributed by atoms with van der Waals surface area (Å²) in [6, 6.07) is 6.99. The minimum absolute atomic E-state index is 0.189. The Bertz CT molecular complexity index is 651. The number of hydrogen-bond donors (Lipinski definition) is 1. The average Bonchev–Trinajstić information content (AvgIpc) is 2.86. The molecule has 0 saturated carbocycles. The number of fused-ring (bicyclic) bond motifs is 1. The van der Waals surface area contributed by atoms with Crippen molar-refractivity contribution in [2.45, 2.75) is 32.6 Å². The number of carbonyl (C=O) groups excluding carboxylic acids is 2. The smallest absolute Gasteiger partial charge is 0.261 e. The zero-order chi connectivity index (χ0) is 17.8. The number of guanidine groups is 1. The molecule has 6 nitrogen and oxygen atoms in total. The molecule has 2 aliphatic heterocycles. The fraction of sp³-hybridized carbons (Fsp3) is 0.526. The number of nitrogens with two attached hydrogens (primary N) is 1. The van der Waals surface area contributed by atoms with Gasteiger partial charge in [0.25, 0.3) is 11.8 Å². The Morgan fingerprint density at radius 1 is 1.20 bits per heavy atom. The SMILES string of the molecule is CC1CCCN(C(N)=NCCCCN2C(=O)c3ccccc3C2=O)C1. The molecule has 134 valence electrons. The summed E-state index contributed by atoms with van der Waals surface area (Å²) in [7, 11) is 0. The number of unbranched alkanes of at least 4 members (excludes halogenated alkanes) is 1. The Balaban J connectivity index is 1.44. The number of aliphatic imine (C=N–C) groups is 1. The maximum absolute atomic E-state index is 12.3. The molecule has 0 spiro atoms. The number of nitrogens with zero attached hydrogens (tertiary/aromatic N) is 3. The van der Waals surface area contributed by atoms with Crippen LogP contribution in [0.1, 0.15) is 53.3 Å². The number of amides is 2. The van der Waals surface area contributed by atoms with Crippen LogP contribution in [-0.2, 0) is 0 Å². The molecule has 0 radical (unpaired) electrons. The second-order valence-corrected chi connectivity index (χ2v) is 6.95. The van der Waals surface area contributed by atoms with Crippen LogP contribution in [0, 0.1) is 5.92 Å². The molecule has 1 aromatic rings. The van der Waals surface area contributed by atoms with Crippen LogP contribution in [-0.4, -0.2) is 53.8 Å². The first-order valence-corrected chi connectivity index (χ1v) is 9.08. The number of piperidine rings is 1. The van der Waals surface area contributed by atoms with Crippen molar-refractivity contribution < 1.29 is 9.59 Å². The molecule has 25 heavy (non-hydrogen) atoms. The number of imide groups is 1. The molecular weight excluding hydrogens is 316 g/mol. The molecule has 3 rings (SSSR count). The Kier molecular flexibility index (Phi) is 5.36. The summed E-state index contributed by atoms with van der Waals surface area (Å²) in [6.45, 7) is 5.25. The second kappa shape index (κ2) is 7.68. The van der Waals surface area contributed by atoms with Gasteiger partial charge in [-0.3, -0.25) is 19.5 Å². The lowest BCUT2D eigenvalue weighted by Gasteiger charge is -2.31. The molecule has 2 N–H and O–H groups in total. The lowest BCUT2D eigenvalue weighted by Crippen LogP contribution is -2.43. The second-order valence-electron chi connectivity index (χ2n) is 6.95. The zero-order valence-corrected chi connectivity index (χ0v) is 14.8. The quantitative estimate of drug-likeness (QED) is 0.385. The van der Waals surface area contributed by atoms with Crippen LogP contribution < -0.4 is 5.73 Å². The minimum Gasteiger partial charge on any atom is -0.370 e. The summed E-state index contributed by atoms with van der Waals surface area (Å²) in [5, 5.41) is 0. The van der Waals surface area contributed by atoms with E-state index in [0.29, 0.717) is 36.1 Å². The van der Waals surface area contributed by atoms with Crippen LogP contribution in [0.15, 0.2) is 29.3 Å². The van der Waals surface area contributed by atoms with E-state index in [2.05, 4.69) is 16.8 Å². The number of benzene rings is 1. The number of carbonyl (C=O) groups is 2. The number of likely N-dealkylation sites (tertiary alicyclic amines) is 1. The van der Waals surface area contributed by atoms with Crippen LogP contribution in [0.4, 0.5) is 0 Å². The van der Waals surface area contributed by atoms with Gasteiger partial charge in [0.1, 0.15) is 0 Å². The van der Waals surface area contributed by atoms with Gasteiger partial charge >= 0.3 is 0 Å². The highest BCUT2D eigenvalue weighted by molar-refractivity contribution is 6.21. The van der Waals surface area contributed by atoms with Crippen LogP contribution in [0.5, 0.6) is 0 Å². The van der Waals surface area contributed by atoms with Crippen molar-refractivity contribution in [2.24, 2.45) is 16.6 Å². The van der Waals surface area contributed by atoms with Crippen LogP contribution >= 0.6 is 0 Å². The summed E-state index contributed by atoms with van der Waals surface area (Å²) in [4.78, 5) is 32.5. The molecule has 1 unspecified atom stereocenters. The highest BCUT2D eigenvalue weighted by Crippen LogP contribution is 2.22. The molecule has 2 amide bonds. The molecule has 1 fully saturated rings. The molecule has 2 aliphatic rings. The monoisotopic (exact) mass is 342 g/mol. The zero-order valence-electron chi connectivity index (χ0n) is 14.8. The van der Waals surface area contributed by atoms with E-state index in [-0.39, 0.29) is 11.8 Å². The van der Waals surface area contributed by atoms with Gasteiger partial charge in [0.05, 0.1) is 11.1 Å². The highest BCUT2D eigenvalue weighted by atomic mass is 16.2. The van der Waals surface area contributed by atoms with Crippen molar-refractivity contribution in [3.05, 3.63) is 35.4 Å². The van der Waals surface area contributed by atoms with Crippen LogP contribution in [0.3, 0.4) is 0 Å². The summed E-state index contributed by atoms with van der Waals surface area (Å²) >= 11 is 0. The largest absolute Gasteiger partial charge is 0.370 e. The lowest BCUT2D eigenvalue weighted by molar-refractivity contribution is 0.0652. The summed E-state index contributed by atoms with van der Waals surface area (Å²) < 4.78 is 0. The van der Waals surface area contributed by atoms with E-state index in [1.54, 1.807) is 24.3 Å². The standard InChI is InChI=1S/C19H26N4O2/c1-14-7-6-11-22(13-14)19(20)21-10-4-5-12-23-17(24)15-8-2-3-9-16(15)18(23)25/h2-3,8-9,14H,4-7,10-13H2,1H3,(H2,20,21). The maximum Gasteiger partial charge on any atom is 0.261 e. The fourth-order valence-corrected chi connectivity index (χ4v) is 3.52. The first kappa shape index (κ1) is 17.5. The first-order chi connectivity index (χ1) is 12.1. The summed E-state index contributed by atoms with van der Waals surface area (Å²) in [5.74, 6) is 0.903. The molecule has 2 heterocycles. The number of rotatable bonds is 5. The third kappa shape index (κ3) is 3.83. The lowest BCUT2D eigenvalue weighted by atomic mass is 10.0. The topological polar surface area (TPSA) is 79.0 Å². The van der Waals surface area contributed by atoms with Gasteiger partial charge in [-0.25, -0.2) is 0 Å². The van der Waals surface area contributed by atoms with Crippen molar-refractivity contribution in [1.82, 2.24) is 9.80 Å². The maximum atomic E-state index is 12.3. The van der Waals surface area contributed by atoms with Gasteiger partial charge in [-0.05, 0) is 43.7 Å². The van der Waals surface area contributed by atoms with Gasteiger partial charge in [0.15, 0.2) is 5.96 Å². The molecular formula is C19H26N4O2. The Morgan fingerprint density at radius 2 is 1.88 bits per heavy atom. The van der Waals surface area contributed by atoms with E-state index in [4.69, 9.17) is 5.73 Å². The van der Waals surface area contributed by atoms with Gasteiger partial charge in [-0.2, -0.15) is 0 Å². The molecule has 1 aromatic carbocycles. The van der Waals surface area contributed by atoms with Gasteiger partial charge in [0.2, 0.25) is 0 Å². The van der Waals surface area contributed by atoms with E-state index >= 15 is 0 Å². The molecule has 0 aromatic heterocycles. The van der Waals surface area contributed by atoms with E-state index in [1.165, 1.54) is 11.3 Å². The average molecular weight is 342 g/mol. The Hall–Kier alpha value is -2.37. The fourth-order valence-electron chi connectivity index (χ4n) is 3.52. The first-order valence-electron chi connectivity index (χ1n) is 9.08. The molecule has 1 atom stereocenters. The Morgan fingerprint density at radius 3 is 2.52 bits per heavy atom. The normalized spacial score (nSPS) is 21.0. The van der Waals surface area contributed by atoms with Crippen molar-refractivity contribution in [1.29, 1.82) is 0 Å². The van der Waals surface area contributed by atoms with Crippen LogP contribution in [0.2, 0.25) is 0 Å². The van der Waals surface area contributed by atoms with E-state index in [9.17, 15) is 9.59 Å². The van der Waals surface area contributed by atoms with Gasteiger partial charge in [-0.15, -0.1) is 0 Å². The van der Waals surface area contributed by atoms with Crippen molar-refractivity contribution in [2.75, 3.05) is 26.2 Å². The van der Waals surface area contributed by atoms with Crippen molar-refractivity contribution in [3.63, 3.8) is 0 Å². The highest BCUT2D eigenvalue weighted by Gasteiger charge is 2.34. The Labute approximate surface area is 148 Å². The molecule has 1 saturated heterocycles. The van der Waals surface area contributed by atoms with Crippen LogP contribution in [0.25, 0.3) is 0 Å². The predicted molar refractivity (Wildman–Crippen MR) is 97.5 cm³/mol. The van der Waals surface area contributed by atoms with Crippen molar-refractivity contribution in [3.8, 4) is 0 Å². The minimum atomic E-state index is -0.189. The van der Waals surface area contributed by atoms with E-state index in [0.717, 1.165) is 32.4 Å². The summed E-state index contributed by atoms with van der Waals surface area (Å²) in [5.41, 5.74) is 7.09. The summed E-state index contributed by atoms with van der Waals surface area (Å²) in [6.07, 6.45) is 3.96.